The highest BCUT2D eigenvalue weighted by atomic mass is 16.1. The first-order chi connectivity index (χ1) is 12.4. The van der Waals surface area contributed by atoms with Crippen LogP contribution in [0, 0.1) is 11.8 Å². The molecule has 0 atom stereocenters. The average molecular weight is 361 g/mol. The van der Waals surface area contributed by atoms with Crippen LogP contribution in [-0.4, -0.2) is 24.8 Å². The van der Waals surface area contributed by atoms with Gasteiger partial charge in [-0.3, -0.25) is 4.79 Å². The molecule has 0 unspecified atom stereocenters. The van der Waals surface area contributed by atoms with Crippen molar-refractivity contribution < 1.29 is 9.59 Å². The predicted octanol–water partition coefficient (Wildman–Crippen LogP) is 4.34. The highest BCUT2D eigenvalue weighted by Gasteiger charge is 2.14. The second kappa shape index (κ2) is 12.6. The minimum absolute atomic E-state index is 0.0592. The maximum absolute atomic E-state index is 12.1. The number of amides is 1. The molecule has 2 N–H and O–H groups in total. The smallest absolute Gasteiger partial charge is 0.251 e. The summed E-state index contributed by atoms with van der Waals surface area (Å²) < 4.78 is 0. The van der Waals surface area contributed by atoms with Crippen LogP contribution in [0.3, 0.4) is 0 Å². The van der Waals surface area contributed by atoms with E-state index in [4.69, 9.17) is 0 Å². The van der Waals surface area contributed by atoms with Gasteiger partial charge in [-0.1, -0.05) is 59.1 Å². The lowest BCUT2D eigenvalue weighted by atomic mass is 9.89. The van der Waals surface area contributed by atoms with Crippen LogP contribution >= 0.6 is 0 Å². The van der Waals surface area contributed by atoms with Crippen LogP contribution in [0.5, 0.6) is 0 Å². The van der Waals surface area contributed by atoms with Gasteiger partial charge in [0, 0.05) is 30.6 Å². The van der Waals surface area contributed by atoms with E-state index in [2.05, 4.69) is 24.5 Å². The molecule has 0 radical (unpaired) electrons. The molecule has 2 rings (SSSR count). The maximum atomic E-state index is 12.1. The van der Waals surface area contributed by atoms with Crippen LogP contribution in [0.25, 0.3) is 0 Å². The standard InChI is InChI=1S/C18H28N2O.C4H8O/c1-14(2)19-12-16-8-10-17(11-9-16)18(21)20-13-15-6-4-3-5-7-15;1-4(2)3-5/h8-11,14-15,19H,3-7,12-13H2,1-2H3,(H,20,21);3-4H,1-2H3. The van der Waals surface area contributed by atoms with Crippen molar-refractivity contribution in [1.82, 2.24) is 10.6 Å². The summed E-state index contributed by atoms with van der Waals surface area (Å²) in [6, 6.07) is 8.39. The van der Waals surface area contributed by atoms with Gasteiger partial charge >= 0.3 is 0 Å². The van der Waals surface area contributed by atoms with Crippen molar-refractivity contribution in [3.8, 4) is 0 Å². The Labute approximate surface area is 159 Å². The van der Waals surface area contributed by atoms with E-state index < -0.39 is 0 Å². The van der Waals surface area contributed by atoms with Gasteiger partial charge in [-0.25, -0.2) is 0 Å². The molecule has 1 fully saturated rings. The van der Waals surface area contributed by atoms with Crippen molar-refractivity contribution in [3.05, 3.63) is 35.4 Å². The topological polar surface area (TPSA) is 58.2 Å². The molecule has 0 heterocycles. The number of carbonyl (C=O) groups excluding carboxylic acids is 2. The second-order valence-electron chi connectivity index (χ2n) is 7.83. The van der Waals surface area contributed by atoms with E-state index in [1.54, 1.807) is 0 Å². The summed E-state index contributed by atoms with van der Waals surface area (Å²) in [6.45, 7) is 9.65. The number of carbonyl (C=O) groups is 2. The molecular weight excluding hydrogens is 324 g/mol. The molecule has 1 aromatic rings. The van der Waals surface area contributed by atoms with Crippen LogP contribution in [-0.2, 0) is 11.3 Å². The Kier molecular flexibility index (Phi) is 10.9. The third kappa shape index (κ3) is 9.71. The van der Waals surface area contributed by atoms with E-state index in [0.29, 0.717) is 12.0 Å². The molecule has 0 saturated heterocycles. The highest BCUT2D eigenvalue weighted by molar-refractivity contribution is 5.94. The van der Waals surface area contributed by atoms with Gasteiger partial charge in [-0.05, 0) is 36.5 Å². The summed E-state index contributed by atoms with van der Waals surface area (Å²) in [5.74, 6) is 0.941. The Balaban J connectivity index is 0.000000597. The highest BCUT2D eigenvalue weighted by Crippen LogP contribution is 2.22. The number of benzene rings is 1. The third-order valence-corrected chi connectivity index (χ3v) is 4.48. The number of aldehydes is 1. The van der Waals surface area contributed by atoms with Crippen molar-refractivity contribution >= 4 is 12.2 Å². The Morgan fingerprint density at radius 3 is 2.15 bits per heavy atom. The van der Waals surface area contributed by atoms with Gasteiger partial charge in [0.15, 0.2) is 0 Å². The summed E-state index contributed by atoms with van der Waals surface area (Å²) >= 11 is 0. The number of nitrogens with one attached hydrogen (secondary N) is 2. The van der Waals surface area contributed by atoms with E-state index in [9.17, 15) is 9.59 Å². The van der Waals surface area contributed by atoms with Gasteiger partial charge in [0.25, 0.3) is 5.91 Å². The average Bonchev–Trinajstić information content (AvgIpc) is 2.66. The molecule has 1 saturated carbocycles. The monoisotopic (exact) mass is 360 g/mol. The first-order valence-electron chi connectivity index (χ1n) is 9.98. The first-order valence-corrected chi connectivity index (χ1v) is 9.98. The lowest BCUT2D eigenvalue weighted by Crippen LogP contribution is -2.30. The minimum Gasteiger partial charge on any atom is -0.352 e. The molecule has 1 amide bonds. The molecular formula is C22H36N2O2. The summed E-state index contributed by atoms with van der Waals surface area (Å²) in [7, 11) is 0. The summed E-state index contributed by atoms with van der Waals surface area (Å²) in [4.78, 5) is 21.6. The molecule has 26 heavy (non-hydrogen) atoms. The van der Waals surface area contributed by atoms with Crippen LogP contribution < -0.4 is 10.6 Å². The summed E-state index contributed by atoms with van der Waals surface area (Å²) in [6.07, 6.45) is 7.44. The van der Waals surface area contributed by atoms with E-state index in [1.807, 2.05) is 38.1 Å². The van der Waals surface area contributed by atoms with Gasteiger partial charge < -0.3 is 15.4 Å². The normalized spacial score (nSPS) is 14.7. The van der Waals surface area contributed by atoms with Crippen molar-refractivity contribution in [2.24, 2.45) is 11.8 Å². The zero-order valence-electron chi connectivity index (χ0n) is 16.9. The zero-order valence-corrected chi connectivity index (χ0v) is 16.9. The van der Waals surface area contributed by atoms with Gasteiger partial charge in [0.1, 0.15) is 6.29 Å². The van der Waals surface area contributed by atoms with Gasteiger partial charge in [-0.2, -0.15) is 0 Å². The quantitative estimate of drug-likeness (QED) is 0.711. The Morgan fingerprint density at radius 1 is 1.08 bits per heavy atom. The van der Waals surface area contributed by atoms with E-state index >= 15 is 0 Å². The van der Waals surface area contributed by atoms with E-state index in [0.717, 1.165) is 24.9 Å². The van der Waals surface area contributed by atoms with Gasteiger partial charge in [-0.15, -0.1) is 0 Å². The number of rotatable bonds is 7. The van der Waals surface area contributed by atoms with E-state index in [-0.39, 0.29) is 11.8 Å². The SMILES string of the molecule is CC(C)C=O.CC(C)NCc1ccc(C(=O)NCC2CCCCC2)cc1. The third-order valence-electron chi connectivity index (χ3n) is 4.48. The Bertz CT molecular complexity index is 517. The largest absolute Gasteiger partial charge is 0.352 e. The zero-order chi connectivity index (χ0) is 19.4. The molecule has 4 nitrogen and oxygen atoms in total. The van der Waals surface area contributed by atoms with E-state index in [1.165, 1.54) is 37.7 Å². The lowest BCUT2D eigenvalue weighted by Gasteiger charge is -2.21. The first kappa shape index (κ1) is 22.4. The molecule has 0 aromatic heterocycles. The van der Waals surface area contributed by atoms with Crippen molar-refractivity contribution in [2.45, 2.75) is 72.4 Å². The van der Waals surface area contributed by atoms with Crippen molar-refractivity contribution in [2.75, 3.05) is 6.54 Å². The Morgan fingerprint density at radius 2 is 1.65 bits per heavy atom. The van der Waals surface area contributed by atoms with Crippen LogP contribution in [0.1, 0.15) is 75.7 Å². The molecule has 146 valence electrons. The molecule has 1 aliphatic rings. The molecule has 0 spiro atoms. The fraction of sp³-hybridized carbons (Fsp3) is 0.636. The van der Waals surface area contributed by atoms with Gasteiger partial charge in [0.2, 0.25) is 0 Å². The molecule has 1 aliphatic carbocycles. The van der Waals surface area contributed by atoms with Crippen LogP contribution in [0.15, 0.2) is 24.3 Å². The summed E-state index contributed by atoms with van der Waals surface area (Å²) in [5.41, 5.74) is 1.98. The molecule has 1 aromatic carbocycles. The fourth-order valence-corrected chi connectivity index (χ4v) is 2.83. The van der Waals surface area contributed by atoms with Crippen LogP contribution in [0.2, 0.25) is 0 Å². The maximum Gasteiger partial charge on any atom is 0.251 e. The van der Waals surface area contributed by atoms with Gasteiger partial charge in [0.05, 0.1) is 0 Å². The summed E-state index contributed by atoms with van der Waals surface area (Å²) in [5, 5.41) is 6.46. The van der Waals surface area contributed by atoms with Crippen molar-refractivity contribution in [3.63, 3.8) is 0 Å². The predicted molar refractivity (Wildman–Crippen MR) is 108 cm³/mol. The van der Waals surface area contributed by atoms with Crippen LogP contribution in [0.4, 0.5) is 0 Å². The number of hydrogen-bond donors (Lipinski definition) is 2. The van der Waals surface area contributed by atoms with Crippen molar-refractivity contribution in [1.29, 1.82) is 0 Å². The lowest BCUT2D eigenvalue weighted by molar-refractivity contribution is -0.110. The molecule has 0 bridgehead atoms. The molecule has 0 aliphatic heterocycles. The Hall–Kier alpha value is -1.68. The second-order valence-corrected chi connectivity index (χ2v) is 7.83. The molecule has 4 heteroatoms. The number of hydrogen-bond acceptors (Lipinski definition) is 3. The fourth-order valence-electron chi connectivity index (χ4n) is 2.83. The minimum atomic E-state index is 0.0592.